The monoisotopic (exact) mass is 253 g/mol. The van der Waals surface area contributed by atoms with Gasteiger partial charge >= 0.3 is 0 Å². The van der Waals surface area contributed by atoms with Gasteiger partial charge in [0.1, 0.15) is 5.69 Å². The lowest BCUT2D eigenvalue weighted by Gasteiger charge is -1.99. The second kappa shape index (κ2) is 3.85. The van der Waals surface area contributed by atoms with Gasteiger partial charge in [-0.15, -0.1) is 15.0 Å². The molecule has 72 valence electrons. The minimum atomic E-state index is 0.296. The summed E-state index contributed by atoms with van der Waals surface area (Å²) in [6, 6.07) is 7.65. The molecular formula is C8H8BrN5. The standard InChI is InChI=1S/C8H8BrN5/c9-6-3-1-2-4-7(6)14-12-8(5-10)11-13-14/h1-4H,5,10H2. The van der Waals surface area contributed by atoms with Gasteiger partial charge in [-0.05, 0) is 33.3 Å². The first kappa shape index (κ1) is 9.29. The Morgan fingerprint density at radius 3 is 2.79 bits per heavy atom. The van der Waals surface area contributed by atoms with E-state index in [0.717, 1.165) is 10.2 Å². The van der Waals surface area contributed by atoms with Crippen LogP contribution in [0.5, 0.6) is 0 Å². The number of nitrogens with zero attached hydrogens (tertiary/aromatic N) is 4. The van der Waals surface area contributed by atoms with Crippen LogP contribution in [0, 0.1) is 0 Å². The SMILES string of the molecule is NCc1nnn(-c2ccccc2Br)n1. The zero-order valence-electron chi connectivity index (χ0n) is 7.26. The largest absolute Gasteiger partial charge is 0.324 e. The average molecular weight is 254 g/mol. The van der Waals surface area contributed by atoms with E-state index in [2.05, 4.69) is 31.3 Å². The molecule has 5 nitrogen and oxygen atoms in total. The van der Waals surface area contributed by atoms with Crippen LogP contribution < -0.4 is 5.73 Å². The third-order valence-corrected chi connectivity index (χ3v) is 2.38. The predicted molar refractivity (Wildman–Crippen MR) is 54.7 cm³/mol. The number of para-hydroxylation sites is 1. The third kappa shape index (κ3) is 1.66. The van der Waals surface area contributed by atoms with Gasteiger partial charge in [0.05, 0.1) is 6.54 Å². The number of benzene rings is 1. The molecule has 2 N–H and O–H groups in total. The molecule has 0 bridgehead atoms. The molecule has 0 spiro atoms. The third-order valence-electron chi connectivity index (χ3n) is 1.71. The Hall–Kier alpha value is -1.27. The molecule has 2 rings (SSSR count). The van der Waals surface area contributed by atoms with Crippen molar-refractivity contribution in [2.75, 3.05) is 0 Å². The Morgan fingerprint density at radius 1 is 1.36 bits per heavy atom. The van der Waals surface area contributed by atoms with E-state index >= 15 is 0 Å². The van der Waals surface area contributed by atoms with Crippen LogP contribution in [0.1, 0.15) is 5.82 Å². The molecule has 0 fully saturated rings. The quantitative estimate of drug-likeness (QED) is 0.863. The number of hydrogen-bond acceptors (Lipinski definition) is 4. The first-order chi connectivity index (χ1) is 6.81. The lowest BCUT2D eigenvalue weighted by Crippen LogP contribution is -2.02. The molecule has 6 heteroatoms. The van der Waals surface area contributed by atoms with Crippen LogP contribution in [-0.4, -0.2) is 20.2 Å². The van der Waals surface area contributed by atoms with Crippen molar-refractivity contribution in [3.8, 4) is 5.69 Å². The van der Waals surface area contributed by atoms with Crippen LogP contribution in [0.15, 0.2) is 28.7 Å². The molecule has 14 heavy (non-hydrogen) atoms. The topological polar surface area (TPSA) is 69.6 Å². The smallest absolute Gasteiger partial charge is 0.188 e. The first-order valence-corrected chi connectivity index (χ1v) is 4.84. The van der Waals surface area contributed by atoms with Gasteiger partial charge in [-0.2, -0.15) is 0 Å². The van der Waals surface area contributed by atoms with Crippen molar-refractivity contribution < 1.29 is 0 Å². The van der Waals surface area contributed by atoms with E-state index < -0.39 is 0 Å². The Labute approximate surface area is 89.0 Å². The molecule has 1 aromatic carbocycles. The highest BCUT2D eigenvalue weighted by Crippen LogP contribution is 2.18. The summed E-state index contributed by atoms with van der Waals surface area (Å²) in [6.07, 6.45) is 0. The van der Waals surface area contributed by atoms with Crippen molar-refractivity contribution in [1.82, 2.24) is 20.2 Å². The van der Waals surface area contributed by atoms with Gasteiger partial charge in [0.2, 0.25) is 0 Å². The van der Waals surface area contributed by atoms with Gasteiger partial charge in [-0.25, -0.2) is 0 Å². The van der Waals surface area contributed by atoms with Crippen molar-refractivity contribution in [1.29, 1.82) is 0 Å². The van der Waals surface area contributed by atoms with Crippen LogP contribution >= 0.6 is 15.9 Å². The summed E-state index contributed by atoms with van der Waals surface area (Å²) in [6.45, 7) is 0.296. The molecule has 0 saturated heterocycles. The summed E-state index contributed by atoms with van der Waals surface area (Å²) in [7, 11) is 0. The molecule has 0 aliphatic heterocycles. The van der Waals surface area contributed by atoms with E-state index in [0.29, 0.717) is 12.4 Å². The Kier molecular flexibility index (Phi) is 2.55. The first-order valence-electron chi connectivity index (χ1n) is 4.05. The van der Waals surface area contributed by atoms with E-state index in [1.165, 1.54) is 4.80 Å². The van der Waals surface area contributed by atoms with E-state index in [9.17, 15) is 0 Å². The summed E-state index contributed by atoms with van der Waals surface area (Å²) < 4.78 is 0.918. The molecule has 0 amide bonds. The Bertz CT molecular complexity index is 439. The van der Waals surface area contributed by atoms with Gasteiger partial charge in [-0.3, -0.25) is 0 Å². The van der Waals surface area contributed by atoms with Crippen LogP contribution in [0.3, 0.4) is 0 Å². The zero-order valence-corrected chi connectivity index (χ0v) is 8.85. The van der Waals surface area contributed by atoms with Crippen molar-refractivity contribution in [2.45, 2.75) is 6.54 Å². The van der Waals surface area contributed by atoms with E-state index in [1.807, 2.05) is 24.3 Å². The number of hydrogen-bond donors (Lipinski definition) is 1. The van der Waals surface area contributed by atoms with Crippen LogP contribution in [0.2, 0.25) is 0 Å². The molecule has 2 aromatic rings. The fourth-order valence-corrected chi connectivity index (χ4v) is 1.48. The van der Waals surface area contributed by atoms with Crippen LogP contribution in [-0.2, 0) is 6.54 Å². The number of halogens is 1. The average Bonchev–Trinajstić information content (AvgIpc) is 2.67. The van der Waals surface area contributed by atoms with Crippen LogP contribution in [0.4, 0.5) is 0 Å². The van der Waals surface area contributed by atoms with Crippen LogP contribution in [0.25, 0.3) is 5.69 Å². The Balaban J connectivity index is 2.44. The normalized spacial score (nSPS) is 10.4. The minimum absolute atomic E-state index is 0.296. The van der Waals surface area contributed by atoms with Gasteiger partial charge in [0, 0.05) is 4.47 Å². The second-order valence-corrected chi connectivity index (χ2v) is 3.50. The van der Waals surface area contributed by atoms with Gasteiger partial charge in [-0.1, -0.05) is 12.1 Å². The molecule has 1 aromatic heterocycles. The van der Waals surface area contributed by atoms with Gasteiger partial charge in [0.15, 0.2) is 5.82 Å². The highest BCUT2D eigenvalue weighted by Gasteiger charge is 2.05. The maximum absolute atomic E-state index is 5.39. The lowest BCUT2D eigenvalue weighted by atomic mass is 10.3. The lowest BCUT2D eigenvalue weighted by molar-refractivity contribution is 0.715. The van der Waals surface area contributed by atoms with E-state index in [-0.39, 0.29) is 0 Å². The number of aromatic nitrogens is 4. The van der Waals surface area contributed by atoms with Crippen molar-refractivity contribution >= 4 is 15.9 Å². The highest BCUT2D eigenvalue weighted by atomic mass is 79.9. The maximum atomic E-state index is 5.39. The van der Waals surface area contributed by atoms with Crippen molar-refractivity contribution in [3.05, 3.63) is 34.6 Å². The number of rotatable bonds is 2. The van der Waals surface area contributed by atoms with E-state index in [4.69, 9.17) is 5.73 Å². The molecule has 1 heterocycles. The number of tetrazole rings is 1. The van der Waals surface area contributed by atoms with E-state index in [1.54, 1.807) is 0 Å². The second-order valence-electron chi connectivity index (χ2n) is 2.65. The summed E-state index contributed by atoms with van der Waals surface area (Å²) in [5.41, 5.74) is 6.24. The Morgan fingerprint density at radius 2 is 2.14 bits per heavy atom. The summed E-state index contributed by atoms with van der Waals surface area (Å²) in [5.74, 6) is 0.528. The fraction of sp³-hybridized carbons (Fsp3) is 0.125. The van der Waals surface area contributed by atoms with Crippen molar-refractivity contribution in [3.63, 3.8) is 0 Å². The molecule has 0 saturated carbocycles. The number of nitrogens with two attached hydrogens (primary N) is 1. The molecular weight excluding hydrogens is 246 g/mol. The molecule has 0 aliphatic carbocycles. The fourth-order valence-electron chi connectivity index (χ4n) is 1.04. The highest BCUT2D eigenvalue weighted by molar-refractivity contribution is 9.10. The minimum Gasteiger partial charge on any atom is -0.324 e. The summed E-state index contributed by atoms with van der Waals surface area (Å²) in [5, 5.41) is 11.8. The summed E-state index contributed by atoms with van der Waals surface area (Å²) >= 11 is 3.40. The summed E-state index contributed by atoms with van der Waals surface area (Å²) in [4.78, 5) is 1.45. The zero-order chi connectivity index (χ0) is 9.97. The van der Waals surface area contributed by atoms with Gasteiger partial charge in [0.25, 0.3) is 0 Å². The predicted octanol–water partition coefficient (Wildman–Crippen LogP) is 0.883. The molecule has 0 aliphatic rings. The van der Waals surface area contributed by atoms with Gasteiger partial charge < -0.3 is 5.73 Å². The molecule has 0 radical (unpaired) electrons. The molecule has 0 unspecified atom stereocenters. The maximum Gasteiger partial charge on any atom is 0.188 e. The molecule has 0 atom stereocenters. The van der Waals surface area contributed by atoms with Crippen molar-refractivity contribution in [2.24, 2.45) is 5.73 Å².